The lowest BCUT2D eigenvalue weighted by atomic mass is 10.1. The molecule has 0 radical (unpaired) electrons. The number of esters is 1. The Kier molecular flexibility index (Phi) is 6.40. The van der Waals surface area contributed by atoms with Crippen LogP contribution < -0.4 is 5.32 Å². The second-order valence-corrected chi connectivity index (χ2v) is 7.74. The zero-order valence-electron chi connectivity index (χ0n) is 18.1. The van der Waals surface area contributed by atoms with Gasteiger partial charge in [-0.1, -0.05) is 12.1 Å². The van der Waals surface area contributed by atoms with Crippen LogP contribution in [-0.4, -0.2) is 28.3 Å². The highest BCUT2D eigenvalue weighted by Crippen LogP contribution is 2.38. The van der Waals surface area contributed by atoms with Crippen molar-refractivity contribution in [2.45, 2.75) is 52.7 Å². The summed E-state index contributed by atoms with van der Waals surface area (Å²) in [7, 11) is 0. The number of aryl methyl sites for hydroxylation is 1. The van der Waals surface area contributed by atoms with Gasteiger partial charge in [-0.2, -0.15) is 5.26 Å². The number of ketones is 1. The first kappa shape index (κ1) is 22.0. The van der Waals surface area contributed by atoms with Crippen molar-refractivity contribution in [2.24, 2.45) is 0 Å². The quantitative estimate of drug-likeness (QED) is 0.315. The Morgan fingerprint density at radius 2 is 1.94 bits per heavy atom. The molecule has 160 valence electrons. The maximum absolute atomic E-state index is 12.5. The van der Waals surface area contributed by atoms with E-state index in [1.54, 1.807) is 24.3 Å². The van der Waals surface area contributed by atoms with E-state index >= 15 is 0 Å². The maximum atomic E-state index is 12.5. The Labute approximate surface area is 181 Å². The summed E-state index contributed by atoms with van der Waals surface area (Å²) in [5.41, 5.74) is 3.37. The Hall–Kier alpha value is -3.66. The lowest BCUT2D eigenvalue weighted by Gasteiger charge is -2.14. The second-order valence-electron chi connectivity index (χ2n) is 7.74. The molecule has 0 bridgehead atoms. The van der Waals surface area contributed by atoms with Crippen LogP contribution >= 0.6 is 0 Å². The fourth-order valence-electron chi connectivity index (χ4n) is 3.55. The third-order valence-electron chi connectivity index (χ3n) is 5.29. The number of anilines is 1. The van der Waals surface area contributed by atoms with E-state index in [0.717, 1.165) is 29.8 Å². The fourth-order valence-corrected chi connectivity index (χ4v) is 3.55. The Morgan fingerprint density at radius 1 is 1.26 bits per heavy atom. The number of rotatable bonds is 7. The topological polar surface area (TPSA) is 101 Å². The molecule has 0 spiro atoms. The summed E-state index contributed by atoms with van der Waals surface area (Å²) in [5, 5.41) is 12.1. The molecule has 0 aliphatic heterocycles. The van der Waals surface area contributed by atoms with Crippen molar-refractivity contribution >= 4 is 29.4 Å². The molecular weight excluding hydrogens is 394 g/mol. The van der Waals surface area contributed by atoms with Crippen LogP contribution in [0.4, 0.5) is 5.69 Å². The average molecular weight is 419 g/mol. The van der Waals surface area contributed by atoms with Crippen molar-refractivity contribution in [1.29, 1.82) is 5.26 Å². The summed E-state index contributed by atoms with van der Waals surface area (Å²) in [6.07, 6.45) is 2.61. The number of amides is 1. The zero-order valence-corrected chi connectivity index (χ0v) is 18.1. The van der Waals surface area contributed by atoms with E-state index in [1.807, 2.05) is 26.0 Å². The van der Waals surface area contributed by atoms with E-state index < -0.39 is 18.0 Å². The highest BCUT2D eigenvalue weighted by atomic mass is 16.5. The lowest BCUT2D eigenvalue weighted by Crippen LogP contribution is -2.30. The van der Waals surface area contributed by atoms with E-state index in [9.17, 15) is 19.6 Å². The number of hydrogen-bond acceptors (Lipinski definition) is 5. The van der Waals surface area contributed by atoms with Gasteiger partial charge >= 0.3 is 5.97 Å². The van der Waals surface area contributed by atoms with Gasteiger partial charge < -0.3 is 14.6 Å². The first-order valence-corrected chi connectivity index (χ1v) is 10.1. The lowest BCUT2D eigenvalue weighted by molar-refractivity contribution is -0.148. The standard InChI is InChI=1S/C24H25N3O4/c1-14-11-18(15(2)27(14)20-9-10-20)12-19(13-25)24(30)31-17(4)23(29)26-22-8-6-5-7-21(22)16(3)28/h5-8,11-12,17,20H,9-10H2,1-4H3,(H,26,29)/b19-12+/t17-/m0/s1. The van der Waals surface area contributed by atoms with Gasteiger partial charge in [0.05, 0.1) is 5.69 Å². The van der Waals surface area contributed by atoms with E-state index in [4.69, 9.17) is 4.74 Å². The van der Waals surface area contributed by atoms with Gasteiger partial charge in [-0.25, -0.2) is 4.79 Å². The van der Waals surface area contributed by atoms with Crippen LogP contribution in [0.15, 0.2) is 35.9 Å². The molecule has 1 saturated carbocycles. The van der Waals surface area contributed by atoms with E-state index in [2.05, 4.69) is 9.88 Å². The molecule has 1 aliphatic rings. The minimum Gasteiger partial charge on any atom is -0.448 e. The number of ether oxygens (including phenoxy) is 1. The van der Waals surface area contributed by atoms with Gasteiger partial charge in [0.25, 0.3) is 5.91 Å². The number of carbonyl (C=O) groups is 3. The Balaban J connectivity index is 1.72. The number of nitrogens with one attached hydrogen (secondary N) is 1. The van der Waals surface area contributed by atoms with Crippen LogP contribution in [0, 0.1) is 25.2 Å². The Bertz CT molecular complexity index is 1120. The monoisotopic (exact) mass is 419 g/mol. The molecule has 3 rings (SSSR count). The Morgan fingerprint density at radius 3 is 2.55 bits per heavy atom. The molecule has 7 heteroatoms. The van der Waals surface area contributed by atoms with Crippen LogP contribution in [0.25, 0.3) is 6.08 Å². The smallest absolute Gasteiger partial charge is 0.349 e. The van der Waals surface area contributed by atoms with Crippen LogP contribution in [0.1, 0.15) is 60.0 Å². The number of nitrogens with zero attached hydrogens (tertiary/aromatic N) is 2. The predicted octanol–water partition coefficient (Wildman–Crippen LogP) is 4.12. The average Bonchev–Trinajstić information content (AvgIpc) is 3.51. The number of para-hydroxylation sites is 1. The van der Waals surface area contributed by atoms with Gasteiger partial charge in [-0.05, 0) is 70.4 Å². The van der Waals surface area contributed by atoms with Crippen LogP contribution in [0.3, 0.4) is 0 Å². The minimum absolute atomic E-state index is 0.181. The highest BCUT2D eigenvalue weighted by Gasteiger charge is 2.27. The summed E-state index contributed by atoms with van der Waals surface area (Å²) < 4.78 is 7.43. The van der Waals surface area contributed by atoms with Gasteiger partial charge in [0.1, 0.15) is 11.6 Å². The zero-order chi connectivity index (χ0) is 22.7. The molecule has 1 amide bonds. The molecule has 1 heterocycles. The first-order chi connectivity index (χ1) is 14.7. The number of carbonyl (C=O) groups excluding carboxylic acids is 3. The van der Waals surface area contributed by atoms with Crippen molar-refractivity contribution in [3.63, 3.8) is 0 Å². The number of nitriles is 1. The van der Waals surface area contributed by atoms with Crippen molar-refractivity contribution in [3.8, 4) is 6.07 Å². The fraction of sp³-hybridized carbons (Fsp3) is 0.333. The normalized spacial score (nSPS) is 14.5. The van der Waals surface area contributed by atoms with Gasteiger partial charge in [0.15, 0.2) is 11.9 Å². The van der Waals surface area contributed by atoms with Crippen molar-refractivity contribution in [3.05, 3.63) is 58.4 Å². The molecule has 1 aromatic carbocycles. The van der Waals surface area contributed by atoms with Gasteiger partial charge in [0.2, 0.25) is 0 Å². The van der Waals surface area contributed by atoms with Gasteiger partial charge in [0, 0.05) is 23.0 Å². The SMILES string of the molecule is CC(=O)c1ccccc1NC(=O)[C@H](C)OC(=O)/C(C#N)=C/c1cc(C)n(C2CC2)c1C. The number of aromatic nitrogens is 1. The van der Waals surface area contributed by atoms with Crippen molar-refractivity contribution < 1.29 is 19.1 Å². The third-order valence-corrected chi connectivity index (χ3v) is 5.29. The molecule has 1 aromatic heterocycles. The van der Waals surface area contributed by atoms with Crippen molar-refractivity contribution in [1.82, 2.24) is 4.57 Å². The van der Waals surface area contributed by atoms with E-state index in [1.165, 1.54) is 19.9 Å². The number of Topliss-reactive ketones (excluding diaryl/α,β-unsaturated/α-hetero) is 1. The molecule has 1 atom stereocenters. The molecule has 1 fully saturated rings. The van der Waals surface area contributed by atoms with Crippen LogP contribution in [0.5, 0.6) is 0 Å². The largest absolute Gasteiger partial charge is 0.448 e. The highest BCUT2D eigenvalue weighted by molar-refractivity contribution is 6.05. The molecule has 0 saturated heterocycles. The van der Waals surface area contributed by atoms with Crippen LogP contribution in [0.2, 0.25) is 0 Å². The summed E-state index contributed by atoms with van der Waals surface area (Å²) >= 11 is 0. The van der Waals surface area contributed by atoms with Gasteiger partial charge in [-0.3, -0.25) is 9.59 Å². The molecule has 2 aromatic rings. The first-order valence-electron chi connectivity index (χ1n) is 10.1. The summed E-state index contributed by atoms with van der Waals surface area (Å²) in [5.74, 6) is -1.66. The molecule has 0 unspecified atom stereocenters. The third kappa shape index (κ3) is 4.92. The van der Waals surface area contributed by atoms with E-state index in [-0.39, 0.29) is 11.4 Å². The van der Waals surface area contributed by atoms with E-state index in [0.29, 0.717) is 17.3 Å². The van der Waals surface area contributed by atoms with Crippen LogP contribution in [-0.2, 0) is 14.3 Å². The summed E-state index contributed by atoms with van der Waals surface area (Å²) in [4.78, 5) is 36.7. The summed E-state index contributed by atoms with van der Waals surface area (Å²) in [6, 6.07) is 10.9. The van der Waals surface area contributed by atoms with Gasteiger partial charge in [-0.15, -0.1) is 0 Å². The predicted molar refractivity (Wildman–Crippen MR) is 116 cm³/mol. The molecule has 1 N–H and O–H groups in total. The maximum Gasteiger partial charge on any atom is 0.349 e. The minimum atomic E-state index is -1.15. The van der Waals surface area contributed by atoms with Crippen molar-refractivity contribution in [2.75, 3.05) is 5.32 Å². The molecular formula is C24H25N3O4. The number of hydrogen-bond donors (Lipinski definition) is 1. The second kappa shape index (κ2) is 9.00. The molecule has 31 heavy (non-hydrogen) atoms. The molecule has 1 aliphatic carbocycles. The number of benzene rings is 1. The summed E-state index contributed by atoms with van der Waals surface area (Å²) in [6.45, 7) is 6.77. The molecule has 7 nitrogen and oxygen atoms in total.